The first-order valence-electron chi connectivity index (χ1n) is 9.40. The largest absolute Gasteiger partial charge is 0.374 e. The lowest BCUT2D eigenvalue weighted by molar-refractivity contribution is 0.172. The van der Waals surface area contributed by atoms with Gasteiger partial charge in [-0.25, -0.2) is 0 Å². The molecule has 0 saturated heterocycles. The van der Waals surface area contributed by atoms with Gasteiger partial charge in [0.25, 0.3) is 0 Å². The molecule has 0 fully saturated rings. The average Bonchev–Trinajstić information content (AvgIpc) is 3.10. The first-order valence-corrected chi connectivity index (χ1v) is 12.5. The summed E-state index contributed by atoms with van der Waals surface area (Å²) >= 11 is 0. The van der Waals surface area contributed by atoms with Crippen LogP contribution in [0.4, 0.5) is 0 Å². The third-order valence-electron chi connectivity index (χ3n) is 4.01. The Bertz CT molecular complexity index is 696. The Labute approximate surface area is 166 Å². The molecule has 28 heavy (non-hydrogen) atoms. The molecule has 2 rings (SSSR count). The maximum atomic E-state index is 13.8. The van der Waals surface area contributed by atoms with Crippen LogP contribution >= 0.6 is 15.2 Å². The number of hydrogen-bond donors (Lipinski definition) is 0. The Morgan fingerprint density at radius 3 is 1.79 bits per heavy atom. The van der Waals surface area contributed by atoms with Crippen LogP contribution < -0.4 is 0 Å². The molecule has 0 amide bonds. The maximum absolute atomic E-state index is 13.8. The molecule has 0 N–H and O–H groups in total. The van der Waals surface area contributed by atoms with Crippen molar-refractivity contribution >= 4 is 15.2 Å². The zero-order valence-electron chi connectivity index (χ0n) is 16.8. The van der Waals surface area contributed by atoms with Crippen LogP contribution in [0.3, 0.4) is 0 Å². The van der Waals surface area contributed by atoms with Gasteiger partial charge in [0.1, 0.15) is 0 Å². The summed E-state index contributed by atoms with van der Waals surface area (Å²) in [4.78, 5) is 0. The van der Waals surface area contributed by atoms with Crippen molar-refractivity contribution in [1.82, 2.24) is 5.01 Å². The van der Waals surface area contributed by atoms with Crippen molar-refractivity contribution in [3.63, 3.8) is 0 Å². The van der Waals surface area contributed by atoms with Crippen LogP contribution in [-0.2, 0) is 33.8 Å². The second-order valence-corrected chi connectivity index (χ2v) is 10.8. The Morgan fingerprint density at radius 2 is 1.36 bits per heavy atom. The standard InChI is InChI=1S/C17H29N3O6P2/c1-5-23-27(21,24-6-2)17(28(22,25-7-3)26-8-4)15-20(19-18-17)14-16-12-10-9-11-13-16/h9-13H,5-8,14-15H2,1-4H3. The highest BCUT2D eigenvalue weighted by molar-refractivity contribution is 7.74. The molecule has 0 atom stereocenters. The van der Waals surface area contributed by atoms with Crippen molar-refractivity contribution in [2.24, 2.45) is 10.3 Å². The molecule has 0 aromatic heterocycles. The van der Waals surface area contributed by atoms with E-state index in [9.17, 15) is 9.13 Å². The van der Waals surface area contributed by atoms with E-state index in [0.717, 1.165) is 5.56 Å². The lowest BCUT2D eigenvalue weighted by Crippen LogP contribution is -2.37. The van der Waals surface area contributed by atoms with Gasteiger partial charge >= 0.3 is 20.2 Å². The van der Waals surface area contributed by atoms with Crippen LogP contribution in [0.2, 0.25) is 0 Å². The second-order valence-electron chi connectivity index (χ2n) is 5.94. The lowest BCUT2D eigenvalue weighted by Gasteiger charge is -2.36. The molecule has 0 aliphatic carbocycles. The highest BCUT2D eigenvalue weighted by Crippen LogP contribution is 2.79. The molecule has 0 unspecified atom stereocenters. The van der Waals surface area contributed by atoms with Gasteiger partial charge in [-0.15, -0.1) is 5.11 Å². The summed E-state index contributed by atoms with van der Waals surface area (Å²) in [6, 6.07) is 9.60. The minimum absolute atomic E-state index is 0.0730. The summed E-state index contributed by atoms with van der Waals surface area (Å²) in [5, 5.41) is 8.02. The average molecular weight is 433 g/mol. The fraction of sp³-hybridized carbons (Fsp3) is 0.647. The summed E-state index contributed by atoms with van der Waals surface area (Å²) in [6.07, 6.45) is 0. The minimum Gasteiger partial charge on any atom is -0.307 e. The predicted octanol–water partition coefficient (Wildman–Crippen LogP) is 5.06. The van der Waals surface area contributed by atoms with Crippen LogP contribution in [-0.4, -0.2) is 43.0 Å². The summed E-state index contributed by atoms with van der Waals surface area (Å²) in [5.74, 6) is 0. The van der Waals surface area contributed by atoms with Crippen LogP contribution in [0.15, 0.2) is 40.7 Å². The normalized spacial score (nSPS) is 16.6. The van der Waals surface area contributed by atoms with E-state index in [1.165, 1.54) is 0 Å². The highest BCUT2D eigenvalue weighted by atomic mass is 31.2. The smallest absolute Gasteiger partial charge is 0.307 e. The van der Waals surface area contributed by atoms with Crippen LogP contribution in [0.5, 0.6) is 0 Å². The van der Waals surface area contributed by atoms with Crippen molar-refractivity contribution in [3.05, 3.63) is 35.9 Å². The quantitative estimate of drug-likeness (QED) is 0.425. The predicted molar refractivity (Wildman–Crippen MR) is 106 cm³/mol. The molecule has 0 bridgehead atoms. The monoisotopic (exact) mass is 433 g/mol. The Balaban J connectivity index is 2.47. The number of benzene rings is 1. The third-order valence-corrected chi connectivity index (χ3v) is 10.1. The van der Waals surface area contributed by atoms with E-state index in [0.29, 0.717) is 6.54 Å². The fourth-order valence-electron chi connectivity index (χ4n) is 2.93. The summed E-state index contributed by atoms with van der Waals surface area (Å²) < 4.78 is 49.6. The van der Waals surface area contributed by atoms with Gasteiger partial charge in [0.2, 0.25) is 0 Å². The van der Waals surface area contributed by atoms with Crippen molar-refractivity contribution in [2.75, 3.05) is 33.0 Å². The van der Waals surface area contributed by atoms with Crippen molar-refractivity contribution in [3.8, 4) is 0 Å². The Hall–Kier alpha value is -1.08. The van der Waals surface area contributed by atoms with E-state index in [2.05, 4.69) is 10.3 Å². The number of rotatable bonds is 12. The van der Waals surface area contributed by atoms with Gasteiger partial charge in [-0.3, -0.25) is 14.1 Å². The van der Waals surface area contributed by atoms with Crippen LogP contribution in [0.1, 0.15) is 33.3 Å². The molecule has 11 heteroatoms. The summed E-state index contributed by atoms with van der Waals surface area (Å²) in [7, 11) is -8.07. The minimum atomic E-state index is -4.04. The zero-order valence-corrected chi connectivity index (χ0v) is 18.6. The molecular weight excluding hydrogens is 404 g/mol. The zero-order chi connectivity index (χ0) is 20.7. The molecule has 1 aromatic rings. The lowest BCUT2D eigenvalue weighted by atomic mass is 10.2. The first-order chi connectivity index (χ1) is 13.4. The van der Waals surface area contributed by atoms with Crippen molar-refractivity contribution in [1.29, 1.82) is 0 Å². The van der Waals surface area contributed by atoms with Gasteiger partial charge in [0.15, 0.2) is 0 Å². The van der Waals surface area contributed by atoms with Gasteiger partial charge < -0.3 is 18.1 Å². The topological polar surface area (TPSA) is 99.0 Å². The maximum Gasteiger partial charge on any atom is 0.374 e. The number of hydrogen-bond acceptors (Lipinski definition) is 9. The molecule has 1 heterocycles. The molecule has 1 aromatic carbocycles. The Morgan fingerprint density at radius 1 is 0.893 bits per heavy atom. The first kappa shape index (κ1) is 23.2. The second kappa shape index (κ2) is 10.1. The van der Waals surface area contributed by atoms with Crippen LogP contribution in [0.25, 0.3) is 0 Å². The fourth-order valence-corrected chi connectivity index (χ4v) is 8.13. The Kier molecular flexibility index (Phi) is 8.37. The van der Waals surface area contributed by atoms with Crippen LogP contribution in [0, 0.1) is 0 Å². The number of nitrogens with zero attached hydrogens (tertiary/aromatic N) is 3. The molecule has 9 nitrogen and oxygen atoms in total. The third kappa shape index (κ3) is 4.56. The van der Waals surface area contributed by atoms with Gasteiger partial charge in [0.05, 0.1) is 39.5 Å². The van der Waals surface area contributed by atoms with E-state index in [1.807, 2.05) is 30.3 Å². The molecule has 0 spiro atoms. The van der Waals surface area contributed by atoms with Gasteiger partial charge in [0, 0.05) is 0 Å². The SMILES string of the molecule is CCOP(=O)(OCC)C1(P(=O)(OCC)OCC)CN(Cc2ccccc2)N=N1. The molecule has 158 valence electrons. The van der Waals surface area contributed by atoms with Gasteiger partial charge in [-0.1, -0.05) is 35.6 Å². The van der Waals surface area contributed by atoms with Crippen molar-refractivity contribution in [2.45, 2.75) is 39.3 Å². The highest BCUT2D eigenvalue weighted by Gasteiger charge is 2.69. The summed E-state index contributed by atoms with van der Waals surface area (Å²) in [6.45, 7) is 7.39. The van der Waals surface area contributed by atoms with Gasteiger partial charge in [-0.05, 0) is 33.3 Å². The van der Waals surface area contributed by atoms with E-state index in [1.54, 1.807) is 32.7 Å². The van der Waals surface area contributed by atoms with E-state index >= 15 is 0 Å². The van der Waals surface area contributed by atoms with E-state index < -0.39 is 20.2 Å². The summed E-state index contributed by atoms with van der Waals surface area (Å²) in [5.41, 5.74) is 0.975. The van der Waals surface area contributed by atoms with Gasteiger partial charge in [-0.2, -0.15) is 0 Å². The van der Waals surface area contributed by atoms with Crippen molar-refractivity contribution < 1.29 is 27.2 Å². The molecule has 1 aliphatic heterocycles. The van der Waals surface area contributed by atoms with E-state index in [4.69, 9.17) is 18.1 Å². The van der Waals surface area contributed by atoms with E-state index in [-0.39, 0.29) is 33.0 Å². The molecule has 0 saturated carbocycles. The molecule has 1 aliphatic rings. The molecule has 0 radical (unpaired) electrons. The molecular formula is C17H29N3O6P2.